The van der Waals surface area contributed by atoms with E-state index in [0.29, 0.717) is 6.04 Å². The Morgan fingerprint density at radius 3 is 2.76 bits per heavy atom. The monoisotopic (exact) mass is 233 g/mol. The molecule has 2 N–H and O–H groups in total. The number of aryl methyl sites for hydroxylation is 1. The number of nitrogen functional groups attached to an aromatic ring is 1. The van der Waals surface area contributed by atoms with Gasteiger partial charge >= 0.3 is 0 Å². The second kappa shape index (κ2) is 5.07. The van der Waals surface area contributed by atoms with E-state index in [1.807, 2.05) is 6.07 Å². The molecule has 0 radical (unpaired) electrons. The Morgan fingerprint density at radius 2 is 2.12 bits per heavy atom. The highest BCUT2D eigenvalue weighted by molar-refractivity contribution is 5.44. The van der Waals surface area contributed by atoms with E-state index < -0.39 is 0 Å². The van der Waals surface area contributed by atoms with Gasteiger partial charge in [-0.25, -0.2) is 0 Å². The minimum absolute atomic E-state index is 0.651. The Morgan fingerprint density at radius 1 is 1.35 bits per heavy atom. The molecular weight excluding hydrogens is 210 g/mol. The maximum atomic E-state index is 5.78. The third-order valence-corrected chi connectivity index (χ3v) is 3.80. The summed E-state index contributed by atoms with van der Waals surface area (Å²) in [7, 11) is 2.20. The van der Waals surface area contributed by atoms with Crippen LogP contribution in [0.5, 0.6) is 0 Å². The van der Waals surface area contributed by atoms with E-state index in [1.54, 1.807) is 0 Å². The molecule has 0 spiro atoms. The quantitative estimate of drug-likeness (QED) is 0.789. The van der Waals surface area contributed by atoms with Crippen molar-refractivity contribution in [3.8, 4) is 0 Å². The lowest BCUT2D eigenvalue weighted by molar-refractivity contribution is 0.0998. The standard InChI is InChI=1S/C14H23N3/c1-11-8-14(15)5-4-13(11)10-17-7-6-16(3)12(2)9-17/h4-5,8,12H,6-7,9-10,15H2,1-3H3/t12-/m1/s1. The molecule has 3 heteroatoms. The van der Waals surface area contributed by atoms with Gasteiger partial charge < -0.3 is 10.6 Å². The predicted molar refractivity (Wildman–Crippen MR) is 73.0 cm³/mol. The molecule has 0 saturated carbocycles. The van der Waals surface area contributed by atoms with Crippen LogP contribution in [0, 0.1) is 6.92 Å². The minimum Gasteiger partial charge on any atom is -0.399 e. The van der Waals surface area contributed by atoms with Gasteiger partial charge in [0.2, 0.25) is 0 Å². The molecule has 1 aromatic carbocycles. The molecule has 1 aliphatic heterocycles. The van der Waals surface area contributed by atoms with Crippen LogP contribution in [-0.4, -0.2) is 42.5 Å². The van der Waals surface area contributed by atoms with Crippen LogP contribution in [0.25, 0.3) is 0 Å². The third kappa shape index (κ3) is 2.99. The Labute approximate surface area is 104 Å². The van der Waals surface area contributed by atoms with Crippen molar-refractivity contribution < 1.29 is 0 Å². The summed E-state index contributed by atoms with van der Waals surface area (Å²) in [5, 5.41) is 0. The fraction of sp³-hybridized carbons (Fsp3) is 0.571. The van der Waals surface area contributed by atoms with Gasteiger partial charge in [0.1, 0.15) is 0 Å². The lowest BCUT2D eigenvalue weighted by Crippen LogP contribution is -2.49. The summed E-state index contributed by atoms with van der Waals surface area (Å²) in [6.45, 7) is 8.96. The molecule has 1 atom stereocenters. The lowest BCUT2D eigenvalue weighted by atomic mass is 10.1. The zero-order valence-corrected chi connectivity index (χ0v) is 11.1. The molecule has 1 aliphatic rings. The lowest BCUT2D eigenvalue weighted by Gasteiger charge is -2.37. The largest absolute Gasteiger partial charge is 0.399 e. The summed E-state index contributed by atoms with van der Waals surface area (Å²) >= 11 is 0. The molecule has 17 heavy (non-hydrogen) atoms. The van der Waals surface area contributed by atoms with Crippen LogP contribution in [0.2, 0.25) is 0 Å². The number of hydrogen-bond acceptors (Lipinski definition) is 3. The van der Waals surface area contributed by atoms with Crippen molar-refractivity contribution in [3.63, 3.8) is 0 Å². The summed E-state index contributed by atoms with van der Waals surface area (Å²) in [6.07, 6.45) is 0. The van der Waals surface area contributed by atoms with E-state index in [4.69, 9.17) is 5.73 Å². The second-order valence-electron chi connectivity index (χ2n) is 5.25. The summed E-state index contributed by atoms with van der Waals surface area (Å²) < 4.78 is 0. The maximum absolute atomic E-state index is 5.78. The van der Waals surface area contributed by atoms with Gasteiger partial charge in [-0.05, 0) is 44.2 Å². The van der Waals surface area contributed by atoms with Crippen molar-refractivity contribution in [2.45, 2.75) is 26.4 Å². The van der Waals surface area contributed by atoms with Crippen molar-refractivity contribution in [1.82, 2.24) is 9.80 Å². The van der Waals surface area contributed by atoms with Gasteiger partial charge in [0.15, 0.2) is 0 Å². The van der Waals surface area contributed by atoms with Crippen molar-refractivity contribution in [3.05, 3.63) is 29.3 Å². The normalized spacial score (nSPS) is 22.9. The van der Waals surface area contributed by atoms with Crippen molar-refractivity contribution >= 4 is 5.69 Å². The Hall–Kier alpha value is -1.06. The topological polar surface area (TPSA) is 32.5 Å². The number of rotatable bonds is 2. The van der Waals surface area contributed by atoms with Crippen molar-refractivity contribution in [2.75, 3.05) is 32.4 Å². The Bertz CT molecular complexity index is 389. The molecule has 1 heterocycles. The summed E-state index contributed by atoms with van der Waals surface area (Å²) in [4.78, 5) is 4.95. The fourth-order valence-electron chi connectivity index (χ4n) is 2.40. The van der Waals surface area contributed by atoms with Crippen LogP contribution >= 0.6 is 0 Å². The molecule has 0 aromatic heterocycles. The molecule has 2 rings (SSSR count). The average molecular weight is 233 g/mol. The van der Waals surface area contributed by atoms with Crippen LogP contribution in [0.3, 0.4) is 0 Å². The van der Waals surface area contributed by atoms with E-state index >= 15 is 0 Å². The van der Waals surface area contributed by atoms with Crippen LogP contribution in [0.15, 0.2) is 18.2 Å². The van der Waals surface area contributed by atoms with Gasteiger partial charge in [0.05, 0.1) is 0 Å². The molecule has 1 fully saturated rings. The summed E-state index contributed by atoms with van der Waals surface area (Å²) in [6, 6.07) is 6.88. The number of likely N-dealkylation sites (N-methyl/N-ethyl adjacent to an activating group) is 1. The molecule has 1 aromatic rings. The van der Waals surface area contributed by atoms with Gasteiger partial charge in [-0.2, -0.15) is 0 Å². The molecule has 0 bridgehead atoms. The number of benzene rings is 1. The molecule has 1 saturated heterocycles. The fourth-order valence-corrected chi connectivity index (χ4v) is 2.40. The number of nitrogens with two attached hydrogens (primary N) is 1. The third-order valence-electron chi connectivity index (χ3n) is 3.80. The molecule has 0 unspecified atom stereocenters. The van der Waals surface area contributed by atoms with E-state index in [2.05, 4.69) is 42.8 Å². The molecule has 3 nitrogen and oxygen atoms in total. The molecular formula is C14H23N3. The van der Waals surface area contributed by atoms with Gasteiger partial charge in [-0.3, -0.25) is 4.90 Å². The molecule has 94 valence electrons. The van der Waals surface area contributed by atoms with Crippen molar-refractivity contribution in [2.24, 2.45) is 0 Å². The zero-order valence-electron chi connectivity index (χ0n) is 11.1. The first-order chi connectivity index (χ1) is 8.06. The van der Waals surface area contributed by atoms with Gasteiger partial charge in [0, 0.05) is 37.9 Å². The summed E-state index contributed by atoms with van der Waals surface area (Å²) in [5.41, 5.74) is 9.34. The minimum atomic E-state index is 0.651. The maximum Gasteiger partial charge on any atom is 0.0316 e. The Kier molecular flexibility index (Phi) is 3.69. The van der Waals surface area contributed by atoms with Crippen LogP contribution in [0.4, 0.5) is 5.69 Å². The van der Waals surface area contributed by atoms with Gasteiger partial charge in [-0.1, -0.05) is 6.07 Å². The second-order valence-corrected chi connectivity index (χ2v) is 5.25. The van der Waals surface area contributed by atoms with Crippen molar-refractivity contribution in [1.29, 1.82) is 0 Å². The highest BCUT2D eigenvalue weighted by atomic mass is 15.3. The summed E-state index contributed by atoms with van der Waals surface area (Å²) in [5.74, 6) is 0. The van der Waals surface area contributed by atoms with Crippen LogP contribution in [-0.2, 0) is 6.54 Å². The van der Waals surface area contributed by atoms with E-state index in [9.17, 15) is 0 Å². The van der Waals surface area contributed by atoms with E-state index in [1.165, 1.54) is 11.1 Å². The number of piperazine rings is 1. The first-order valence-corrected chi connectivity index (χ1v) is 6.34. The molecule has 0 aliphatic carbocycles. The first-order valence-electron chi connectivity index (χ1n) is 6.34. The van der Waals surface area contributed by atoms with Gasteiger partial charge in [-0.15, -0.1) is 0 Å². The van der Waals surface area contributed by atoms with Gasteiger partial charge in [0.25, 0.3) is 0 Å². The Balaban J connectivity index is 2.01. The highest BCUT2D eigenvalue weighted by Crippen LogP contribution is 2.16. The zero-order chi connectivity index (χ0) is 12.4. The number of nitrogens with zero attached hydrogens (tertiary/aromatic N) is 2. The number of anilines is 1. The number of hydrogen-bond donors (Lipinski definition) is 1. The van der Waals surface area contributed by atoms with E-state index in [-0.39, 0.29) is 0 Å². The first kappa shape index (κ1) is 12.4. The average Bonchev–Trinajstić information content (AvgIpc) is 2.27. The van der Waals surface area contributed by atoms with E-state index in [0.717, 1.165) is 31.9 Å². The SMILES string of the molecule is Cc1cc(N)ccc1CN1CCN(C)[C@H](C)C1. The van der Waals surface area contributed by atoms with Crippen LogP contribution in [0.1, 0.15) is 18.1 Å². The molecule has 0 amide bonds. The van der Waals surface area contributed by atoms with Crippen LogP contribution < -0.4 is 5.73 Å². The highest BCUT2D eigenvalue weighted by Gasteiger charge is 2.20. The smallest absolute Gasteiger partial charge is 0.0316 e. The predicted octanol–water partition coefficient (Wildman–Crippen LogP) is 1.71.